The van der Waals surface area contributed by atoms with Gasteiger partial charge in [-0.1, -0.05) is 19.6 Å². The minimum Gasteiger partial charge on any atom is -0.502 e. The Balaban J connectivity index is 0.000000218. The fourth-order valence-electron chi connectivity index (χ4n) is 7.89. The van der Waals surface area contributed by atoms with Crippen LogP contribution >= 0.6 is 0 Å². The highest BCUT2D eigenvalue weighted by Crippen LogP contribution is 2.30. The second kappa shape index (κ2) is 19.2. The minimum absolute atomic E-state index is 0. The largest absolute Gasteiger partial charge is 0.502 e. The Morgan fingerprint density at radius 1 is 0.642 bits per heavy atom. The van der Waals surface area contributed by atoms with E-state index >= 15 is 0 Å². The predicted molar refractivity (Wildman–Crippen MR) is 222 cm³/mol. The summed E-state index contributed by atoms with van der Waals surface area (Å²) in [6.07, 6.45) is 5.99. The van der Waals surface area contributed by atoms with Crippen molar-refractivity contribution < 1.29 is 64.5 Å². The number of hydrogen-bond acceptors (Lipinski definition) is 10. The van der Waals surface area contributed by atoms with Gasteiger partial charge in [-0.05, 0) is 26.7 Å². The number of nitrogens with one attached hydrogen (secondary N) is 2. The average molecular weight is 951 g/mol. The molecule has 1 fully saturated rings. The second-order valence-corrected chi connectivity index (χ2v) is 15.7. The number of halogens is 8. The number of aromatic hydroxyl groups is 2. The lowest BCUT2D eigenvalue weighted by Crippen LogP contribution is -2.58. The van der Waals surface area contributed by atoms with Crippen LogP contribution in [0.2, 0.25) is 0 Å². The van der Waals surface area contributed by atoms with Gasteiger partial charge in [-0.25, -0.2) is 35.1 Å². The van der Waals surface area contributed by atoms with E-state index in [0.29, 0.717) is 37.1 Å². The third-order valence-electron chi connectivity index (χ3n) is 11.6. The highest BCUT2D eigenvalue weighted by molar-refractivity contribution is 6.00. The monoisotopic (exact) mass is 950 g/mol. The lowest BCUT2D eigenvalue weighted by atomic mass is 10.1. The number of pyridine rings is 2. The van der Waals surface area contributed by atoms with Crippen LogP contribution in [0.4, 0.5) is 35.1 Å². The first kappa shape index (κ1) is 49.0. The van der Waals surface area contributed by atoms with Crippen molar-refractivity contribution in [2.45, 2.75) is 71.4 Å². The van der Waals surface area contributed by atoms with Crippen LogP contribution < -0.4 is 31.5 Å². The van der Waals surface area contributed by atoms with Crippen molar-refractivity contribution >= 4 is 23.6 Å². The number of rotatable bonds is 8. The summed E-state index contributed by atoms with van der Waals surface area (Å²) >= 11 is 0. The fourth-order valence-corrected chi connectivity index (χ4v) is 7.89. The zero-order chi connectivity index (χ0) is 48.0. The van der Waals surface area contributed by atoms with Crippen LogP contribution in [-0.4, -0.2) is 104 Å². The maximum absolute atomic E-state index is 13.8. The van der Waals surface area contributed by atoms with Crippen molar-refractivity contribution in [1.82, 2.24) is 29.8 Å². The predicted octanol–water partition coefficient (Wildman–Crippen LogP) is 3.96. The van der Waals surface area contributed by atoms with Crippen molar-refractivity contribution in [3.05, 3.63) is 138 Å². The summed E-state index contributed by atoms with van der Waals surface area (Å²) < 4.78 is 111. The molecule has 4 N–H and O–H groups in total. The molecule has 0 spiro atoms. The summed E-state index contributed by atoms with van der Waals surface area (Å²) in [4.78, 5) is 79.2. The molecule has 358 valence electrons. The van der Waals surface area contributed by atoms with Gasteiger partial charge >= 0.3 is 0 Å². The Kier molecular flexibility index (Phi) is 14.1. The quantitative estimate of drug-likeness (QED) is 0.149. The zero-order valence-electron chi connectivity index (χ0n) is 34.6. The summed E-state index contributed by atoms with van der Waals surface area (Å²) in [5.41, 5.74) is -5.71. The van der Waals surface area contributed by atoms with Gasteiger partial charge in [0, 0.05) is 73.0 Å². The first-order valence-corrected chi connectivity index (χ1v) is 20.0. The number of alkyl halides is 2. The molecule has 2 aromatic heterocycles. The topological polar surface area (TPSA) is 190 Å². The van der Waals surface area contributed by atoms with Gasteiger partial charge in [0.25, 0.3) is 23.6 Å². The number of amides is 4. The SMILES string of the molecule is C.C[C@H]1C=C[C@@H](CF)N2CN1C(=O)c1c(O)c(=O)c(C(=O)NCc3c(F)cc(F)cc3F)cn12.C[C@H]1CC[C@@H](CF)N2CN1C(=O)c1c(O)c(=O)c(C(=O)NCc3c(F)cc(F)cc3F)cn12. The Morgan fingerprint density at radius 2 is 1.07 bits per heavy atom. The van der Waals surface area contributed by atoms with Crippen LogP contribution in [0.5, 0.6) is 11.5 Å². The molecule has 4 aliphatic heterocycles. The molecule has 4 atom stereocenters. The average Bonchev–Trinajstić information content (AvgIpc) is 3.51. The lowest BCUT2D eigenvalue weighted by Gasteiger charge is -2.42. The lowest BCUT2D eigenvalue weighted by molar-refractivity contribution is 0.0623. The zero-order valence-corrected chi connectivity index (χ0v) is 34.6. The molecule has 0 saturated carbocycles. The van der Waals surface area contributed by atoms with Crippen molar-refractivity contribution in [2.75, 3.05) is 36.7 Å². The molecule has 0 radical (unpaired) electrons. The van der Waals surface area contributed by atoms with Crippen molar-refractivity contribution in [3.63, 3.8) is 0 Å². The Labute approximate surface area is 374 Å². The van der Waals surface area contributed by atoms with Gasteiger partial charge in [-0.2, -0.15) is 0 Å². The third kappa shape index (κ3) is 8.98. The number of hydrogen-bond donors (Lipinski definition) is 4. The van der Waals surface area contributed by atoms with Crippen LogP contribution in [0, 0.1) is 34.9 Å². The van der Waals surface area contributed by atoms with Crippen LogP contribution in [0.1, 0.15) is 86.9 Å². The van der Waals surface area contributed by atoms with E-state index in [1.807, 2.05) is 0 Å². The Hall–Kier alpha value is -7.40. The number of aromatic nitrogens is 2. The summed E-state index contributed by atoms with van der Waals surface area (Å²) in [6.45, 7) is 0.307. The first-order chi connectivity index (χ1) is 31.3. The molecule has 4 aliphatic rings. The van der Waals surface area contributed by atoms with Crippen LogP contribution in [0.3, 0.4) is 0 Å². The molecule has 4 amide bonds. The van der Waals surface area contributed by atoms with Crippen LogP contribution in [-0.2, 0) is 13.1 Å². The van der Waals surface area contributed by atoms with E-state index in [1.165, 1.54) is 25.9 Å². The summed E-state index contributed by atoms with van der Waals surface area (Å²) in [5, 5.41) is 28.1. The molecule has 6 heterocycles. The molecule has 4 bridgehead atoms. The highest BCUT2D eigenvalue weighted by Gasteiger charge is 2.42. The summed E-state index contributed by atoms with van der Waals surface area (Å²) in [7, 11) is 0. The maximum atomic E-state index is 13.8. The molecule has 8 rings (SSSR count). The Morgan fingerprint density at radius 3 is 1.52 bits per heavy atom. The van der Waals surface area contributed by atoms with E-state index in [0.717, 1.165) is 21.7 Å². The number of carbonyl (C=O) groups excluding carboxylic acids is 4. The van der Waals surface area contributed by atoms with E-state index in [2.05, 4.69) is 10.6 Å². The normalized spacial score (nSPS) is 19.3. The number of carbonyl (C=O) groups is 4. The van der Waals surface area contributed by atoms with Gasteiger partial charge in [0.05, 0.1) is 12.1 Å². The first-order valence-electron chi connectivity index (χ1n) is 20.0. The van der Waals surface area contributed by atoms with E-state index < -0.39 is 159 Å². The number of nitrogens with zero attached hydrogens (tertiary/aromatic N) is 6. The van der Waals surface area contributed by atoms with Gasteiger partial charge < -0.3 is 30.6 Å². The van der Waals surface area contributed by atoms with Crippen molar-refractivity contribution in [1.29, 1.82) is 0 Å². The molecule has 67 heavy (non-hydrogen) atoms. The smallest absolute Gasteiger partial charge is 0.278 e. The summed E-state index contributed by atoms with van der Waals surface area (Å²) in [5.74, 6) is -12.8. The number of benzene rings is 2. The maximum Gasteiger partial charge on any atom is 0.278 e. The highest BCUT2D eigenvalue weighted by atomic mass is 19.2. The standard InChI is InChI=1S/C21H20F4N4O4.C21H18F4N4O4.CH4/c2*1-10-2-3-12(6-22)29-9-27(10)21(33)17-19(31)18(30)14(8-28(17)29)20(32)26-7-13-15(24)4-11(23)5-16(13)25;/h4-5,8,10,12,31H,2-3,6-7,9H2,1H3,(H,26,32);2-5,8,10,12,31H,6-7,9H2,1H3,(H,26,32);1H4/t2*10-,12-;/m00./s1. The van der Waals surface area contributed by atoms with Gasteiger partial charge in [0.2, 0.25) is 10.9 Å². The van der Waals surface area contributed by atoms with E-state index in [1.54, 1.807) is 19.9 Å². The van der Waals surface area contributed by atoms with Gasteiger partial charge in [0.15, 0.2) is 22.9 Å². The third-order valence-corrected chi connectivity index (χ3v) is 11.6. The Bertz CT molecular complexity index is 2760. The second-order valence-electron chi connectivity index (χ2n) is 15.7. The molecule has 24 heteroatoms. The molecule has 2 aromatic carbocycles. The molecule has 0 aliphatic carbocycles. The van der Waals surface area contributed by atoms with Crippen molar-refractivity contribution in [2.24, 2.45) is 0 Å². The number of fused-ring (bicyclic) bond motifs is 8. The van der Waals surface area contributed by atoms with Crippen LogP contribution in [0.25, 0.3) is 0 Å². The van der Waals surface area contributed by atoms with Gasteiger partial charge in [-0.15, -0.1) is 0 Å². The van der Waals surface area contributed by atoms with Crippen LogP contribution in [0.15, 0.2) is 58.4 Å². The molecular formula is C43H42F8N8O8. The summed E-state index contributed by atoms with van der Waals surface area (Å²) in [6, 6.07) is -0.475. The van der Waals surface area contributed by atoms with Gasteiger partial charge in [0.1, 0.15) is 72.7 Å². The molecule has 1 saturated heterocycles. The minimum atomic E-state index is -1.24. The van der Waals surface area contributed by atoms with E-state index in [-0.39, 0.29) is 26.8 Å². The molecule has 16 nitrogen and oxygen atoms in total. The van der Waals surface area contributed by atoms with Crippen molar-refractivity contribution in [3.8, 4) is 11.5 Å². The van der Waals surface area contributed by atoms with Gasteiger partial charge in [-0.3, -0.25) is 48.1 Å². The van der Waals surface area contributed by atoms with E-state index in [9.17, 15) is 74.1 Å². The fraction of sp³-hybridized carbons (Fsp3) is 0.349. The molecule has 4 aromatic rings. The van der Waals surface area contributed by atoms with E-state index in [4.69, 9.17) is 0 Å². The molecular weight excluding hydrogens is 909 g/mol. The molecule has 0 unspecified atom stereocenters.